The third-order valence-corrected chi connectivity index (χ3v) is 3.09. The van der Waals surface area contributed by atoms with Crippen LogP contribution in [0.25, 0.3) is 0 Å². The summed E-state index contributed by atoms with van der Waals surface area (Å²) in [6.07, 6.45) is 2.08. The number of morpholine rings is 1. The fourth-order valence-electron chi connectivity index (χ4n) is 2.35. The van der Waals surface area contributed by atoms with Crippen LogP contribution in [-0.2, 0) is 4.74 Å². The number of hydrogen-bond donors (Lipinski definition) is 2. The molecule has 1 saturated heterocycles. The van der Waals surface area contributed by atoms with Crippen LogP contribution in [0, 0.1) is 0 Å². The molecule has 1 aliphatic rings. The molecular weight excluding hydrogens is 256 g/mol. The molecule has 1 aliphatic heterocycles. The monoisotopic (exact) mass is 278 g/mol. The SMILES string of the molecule is CCNC(=O)Nc1ccc(N2CC(C)OC(C)C2)nc1. The van der Waals surface area contributed by atoms with Gasteiger partial charge in [0.05, 0.1) is 24.1 Å². The zero-order valence-corrected chi connectivity index (χ0v) is 12.2. The van der Waals surface area contributed by atoms with Crippen LogP contribution >= 0.6 is 0 Å². The van der Waals surface area contributed by atoms with Crippen LogP contribution < -0.4 is 15.5 Å². The summed E-state index contributed by atoms with van der Waals surface area (Å²) in [6, 6.07) is 3.57. The van der Waals surface area contributed by atoms with Crippen molar-refractivity contribution in [3.8, 4) is 0 Å². The zero-order valence-electron chi connectivity index (χ0n) is 12.2. The van der Waals surface area contributed by atoms with E-state index < -0.39 is 0 Å². The van der Waals surface area contributed by atoms with Gasteiger partial charge in [-0.2, -0.15) is 0 Å². The Bertz CT molecular complexity index is 439. The van der Waals surface area contributed by atoms with E-state index in [4.69, 9.17) is 4.74 Å². The van der Waals surface area contributed by atoms with Crippen LogP contribution in [0.1, 0.15) is 20.8 Å². The zero-order chi connectivity index (χ0) is 14.5. The molecule has 0 spiro atoms. The molecule has 2 amide bonds. The van der Waals surface area contributed by atoms with Crippen LogP contribution in [0.2, 0.25) is 0 Å². The molecule has 0 radical (unpaired) electrons. The van der Waals surface area contributed by atoms with E-state index in [1.165, 1.54) is 0 Å². The van der Waals surface area contributed by atoms with E-state index >= 15 is 0 Å². The number of ether oxygens (including phenoxy) is 1. The Balaban J connectivity index is 1.99. The van der Waals surface area contributed by atoms with Gasteiger partial charge in [-0.05, 0) is 32.9 Å². The van der Waals surface area contributed by atoms with E-state index in [0.717, 1.165) is 18.9 Å². The summed E-state index contributed by atoms with van der Waals surface area (Å²) in [5.74, 6) is 0.911. The van der Waals surface area contributed by atoms with Gasteiger partial charge in [-0.3, -0.25) is 0 Å². The number of anilines is 2. The molecule has 1 aromatic heterocycles. The van der Waals surface area contributed by atoms with Crippen LogP contribution in [0.3, 0.4) is 0 Å². The summed E-state index contributed by atoms with van der Waals surface area (Å²) in [6.45, 7) is 8.27. The van der Waals surface area contributed by atoms with Crippen LogP contribution in [-0.4, -0.2) is 42.9 Å². The molecule has 2 unspecified atom stereocenters. The molecule has 2 heterocycles. The van der Waals surface area contributed by atoms with Crippen LogP contribution in [0.4, 0.5) is 16.3 Å². The van der Waals surface area contributed by atoms with E-state index in [-0.39, 0.29) is 18.2 Å². The average Bonchev–Trinajstić information content (AvgIpc) is 2.38. The summed E-state index contributed by atoms with van der Waals surface area (Å²) in [5.41, 5.74) is 0.689. The Morgan fingerprint density at radius 1 is 1.40 bits per heavy atom. The second kappa shape index (κ2) is 6.56. The number of aromatic nitrogens is 1. The molecule has 0 aromatic carbocycles. The molecular formula is C14H22N4O2. The number of pyridine rings is 1. The van der Waals surface area contributed by atoms with E-state index in [0.29, 0.717) is 12.2 Å². The second-order valence-electron chi connectivity index (χ2n) is 5.05. The highest BCUT2D eigenvalue weighted by Gasteiger charge is 2.22. The topological polar surface area (TPSA) is 66.5 Å². The summed E-state index contributed by atoms with van der Waals surface area (Å²) < 4.78 is 5.71. The molecule has 2 N–H and O–H groups in total. The Labute approximate surface area is 119 Å². The minimum absolute atomic E-state index is 0.202. The largest absolute Gasteiger partial charge is 0.372 e. The lowest BCUT2D eigenvalue weighted by atomic mass is 10.2. The number of hydrogen-bond acceptors (Lipinski definition) is 4. The quantitative estimate of drug-likeness (QED) is 0.885. The fraction of sp³-hybridized carbons (Fsp3) is 0.571. The number of nitrogens with one attached hydrogen (secondary N) is 2. The third kappa shape index (κ3) is 3.84. The van der Waals surface area contributed by atoms with Crippen molar-refractivity contribution in [1.29, 1.82) is 0 Å². The molecule has 2 rings (SSSR count). The minimum atomic E-state index is -0.212. The normalized spacial score (nSPS) is 22.4. The first kappa shape index (κ1) is 14.6. The molecule has 20 heavy (non-hydrogen) atoms. The first-order valence-corrected chi connectivity index (χ1v) is 6.99. The Hall–Kier alpha value is -1.82. The van der Waals surface area contributed by atoms with Crippen molar-refractivity contribution in [2.24, 2.45) is 0 Å². The highest BCUT2D eigenvalue weighted by molar-refractivity contribution is 5.89. The second-order valence-corrected chi connectivity index (χ2v) is 5.05. The smallest absolute Gasteiger partial charge is 0.319 e. The minimum Gasteiger partial charge on any atom is -0.372 e. The Kier molecular flexibility index (Phi) is 4.79. The van der Waals surface area contributed by atoms with Crippen molar-refractivity contribution in [3.05, 3.63) is 18.3 Å². The van der Waals surface area contributed by atoms with Gasteiger partial charge in [0.25, 0.3) is 0 Å². The number of amides is 2. The van der Waals surface area contributed by atoms with Crippen molar-refractivity contribution in [2.75, 3.05) is 29.9 Å². The van der Waals surface area contributed by atoms with Crippen molar-refractivity contribution in [1.82, 2.24) is 10.3 Å². The maximum absolute atomic E-state index is 11.4. The fourth-order valence-corrected chi connectivity index (χ4v) is 2.35. The molecule has 0 aliphatic carbocycles. The van der Waals surface area contributed by atoms with Gasteiger partial charge in [-0.15, -0.1) is 0 Å². The lowest BCUT2D eigenvalue weighted by Crippen LogP contribution is -2.45. The highest BCUT2D eigenvalue weighted by Crippen LogP contribution is 2.19. The van der Waals surface area contributed by atoms with Gasteiger partial charge in [-0.25, -0.2) is 9.78 Å². The molecule has 1 fully saturated rings. The van der Waals surface area contributed by atoms with E-state index in [9.17, 15) is 4.79 Å². The Morgan fingerprint density at radius 3 is 2.65 bits per heavy atom. The van der Waals surface area contributed by atoms with Gasteiger partial charge in [0.1, 0.15) is 5.82 Å². The predicted octanol–water partition coefficient (Wildman–Crippen LogP) is 1.84. The van der Waals surface area contributed by atoms with Crippen LogP contribution in [0.5, 0.6) is 0 Å². The molecule has 1 aromatic rings. The first-order chi connectivity index (χ1) is 9.58. The van der Waals surface area contributed by atoms with E-state index in [1.807, 2.05) is 19.1 Å². The highest BCUT2D eigenvalue weighted by atomic mass is 16.5. The van der Waals surface area contributed by atoms with Crippen molar-refractivity contribution in [3.63, 3.8) is 0 Å². The van der Waals surface area contributed by atoms with Crippen LogP contribution in [0.15, 0.2) is 18.3 Å². The molecule has 6 heteroatoms. The molecule has 0 bridgehead atoms. The summed E-state index contributed by atoms with van der Waals surface area (Å²) in [5, 5.41) is 5.41. The van der Waals surface area contributed by atoms with Gasteiger partial charge < -0.3 is 20.3 Å². The summed E-state index contributed by atoms with van der Waals surface area (Å²) >= 11 is 0. The van der Waals surface area contributed by atoms with E-state index in [1.54, 1.807) is 6.20 Å². The predicted molar refractivity (Wildman–Crippen MR) is 79.2 cm³/mol. The molecule has 110 valence electrons. The molecule has 0 saturated carbocycles. The maximum Gasteiger partial charge on any atom is 0.319 e. The summed E-state index contributed by atoms with van der Waals surface area (Å²) in [7, 11) is 0. The van der Waals surface area contributed by atoms with Gasteiger partial charge in [-0.1, -0.05) is 0 Å². The van der Waals surface area contributed by atoms with Crippen molar-refractivity contribution < 1.29 is 9.53 Å². The molecule has 2 atom stereocenters. The number of urea groups is 1. The number of carbonyl (C=O) groups excluding carboxylic acids is 1. The average molecular weight is 278 g/mol. The van der Waals surface area contributed by atoms with Gasteiger partial charge >= 0.3 is 6.03 Å². The first-order valence-electron chi connectivity index (χ1n) is 6.99. The lowest BCUT2D eigenvalue weighted by Gasteiger charge is -2.36. The standard InChI is InChI=1S/C14H22N4O2/c1-4-15-14(19)17-12-5-6-13(16-7-12)18-8-10(2)20-11(3)9-18/h5-7,10-11H,4,8-9H2,1-3H3,(H2,15,17,19). The van der Waals surface area contributed by atoms with Gasteiger partial charge in [0, 0.05) is 19.6 Å². The number of rotatable bonds is 3. The lowest BCUT2D eigenvalue weighted by molar-refractivity contribution is -0.00545. The third-order valence-electron chi connectivity index (χ3n) is 3.09. The number of carbonyl (C=O) groups is 1. The maximum atomic E-state index is 11.4. The van der Waals surface area contributed by atoms with Crippen molar-refractivity contribution >= 4 is 17.5 Å². The number of nitrogens with zero attached hydrogens (tertiary/aromatic N) is 2. The van der Waals surface area contributed by atoms with Crippen molar-refractivity contribution in [2.45, 2.75) is 33.0 Å². The van der Waals surface area contributed by atoms with Gasteiger partial charge in [0.15, 0.2) is 0 Å². The summed E-state index contributed by atoms with van der Waals surface area (Å²) in [4.78, 5) is 18.0. The van der Waals surface area contributed by atoms with E-state index in [2.05, 4.69) is 34.4 Å². The Morgan fingerprint density at radius 2 is 2.10 bits per heavy atom. The molecule has 6 nitrogen and oxygen atoms in total. The van der Waals surface area contributed by atoms with Gasteiger partial charge in [0.2, 0.25) is 0 Å².